The van der Waals surface area contributed by atoms with E-state index in [-0.39, 0.29) is 5.41 Å². The van der Waals surface area contributed by atoms with Gasteiger partial charge >= 0.3 is 0 Å². The van der Waals surface area contributed by atoms with Gasteiger partial charge in [0.05, 0.1) is 0 Å². The van der Waals surface area contributed by atoms with Crippen molar-refractivity contribution >= 4 is 0 Å². The Balaban J connectivity index is 0.00000326. The largest absolute Gasteiger partial charge is 0.0991 e. The van der Waals surface area contributed by atoms with Gasteiger partial charge in [0, 0.05) is 5.41 Å². The lowest BCUT2D eigenvalue weighted by molar-refractivity contribution is 0.103. The third-order valence-electron chi connectivity index (χ3n) is 5.22. The van der Waals surface area contributed by atoms with Gasteiger partial charge in [0.2, 0.25) is 0 Å². The Kier molecular flexibility index (Phi) is 11.3. The van der Waals surface area contributed by atoms with E-state index in [9.17, 15) is 0 Å². The van der Waals surface area contributed by atoms with Crippen LogP contribution in [0.15, 0.2) is 71.9 Å². The minimum Gasteiger partial charge on any atom is -0.0991 e. The van der Waals surface area contributed by atoms with E-state index in [2.05, 4.69) is 97.6 Å². The molecule has 1 aliphatic rings. The Labute approximate surface area is 170 Å². The van der Waals surface area contributed by atoms with Gasteiger partial charge in [-0.1, -0.05) is 95.4 Å². The van der Waals surface area contributed by atoms with Crippen LogP contribution in [0.4, 0.5) is 0 Å². The average Bonchev–Trinajstić information content (AvgIpc) is 2.59. The van der Waals surface area contributed by atoms with Crippen molar-refractivity contribution in [2.24, 2.45) is 16.7 Å². The average molecular weight is 369 g/mol. The molecule has 0 bridgehead atoms. The molecule has 1 fully saturated rings. The van der Waals surface area contributed by atoms with Crippen molar-refractivity contribution in [2.75, 3.05) is 0 Å². The van der Waals surface area contributed by atoms with Gasteiger partial charge in [0.1, 0.15) is 0 Å². The van der Waals surface area contributed by atoms with Crippen LogP contribution < -0.4 is 0 Å². The lowest BCUT2D eigenvalue weighted by Crippen LogP contribution is -2.39. The molecule has 1 saturated carbocycles. The molecule has 0 heterocycles. The molecular formula is C27H44. The van der Waals surface area contributed by atoms with Gasteiger partial charge in [-0.15, -0.1) is 0 Å². The van der Waals surface area contributed by atoms with Crippen LogP contribution in [0, 0.1) is 16.7 Å². The van der Waals surface area contributed by atoms with Crippen LogP contribution in [0.5, 0.6) is 0 Å². The van der Waals surface area contributed by atoms with Crippen LogP contribution >= 0.6 is 0 Å². The molecule has 0 amide bonds. The van der Waals surface area contributed by atoms with Gasteiger partial charge in [0.15, 0.2) is 0 Å². The number of hydrogen-bond acceptors (Lipinski definition) is 0. The summed E-state index contributed by atoms with van der Waals surface area (Å²) in [7, 11) is 0. The second kappa shape index (κ2) is 12.0. The van der Waals surface area contributed by atoms with Crippen molar-refractivity contribution in [3.63, 3.8) is 0 Å². The maximum atomic E-state index is 3.86. The molecule has 0 N–H and O–H groups in total. The monoisotopic (exact) mass is 368 g/mol. The normalized spacial score (nSPS) is 25.9. The van der Waals surface area contributed by atoms with Crippen LogP contribution in [0.2, 0.25) is 0 Å². The first-order valence-electron chi connectivity index (χ1n) is 10.6. The quantitative estimate of drug-likeness (QED) is 0.410. The van der Waals surface area contributed by atoms with Crippen molar-refractivity contribution in [3.8, 4) is 0 Å². The summed E-state index contributed by atoms with van der Waals surface area (Å²) < 4.78 is 0. The second-order valence-electron chi connectivity index (χ2n) is 8.62. The van der Waals surface area contributed by atoms with Gasteiger partial charge in [-0.25, -0.2) is 0 Å². The molecule has 2 unspecified atom stereocenters. The van der Waals surface area contributed by atoms with Crippen LogP contribution in [0.25, 0.3) is 0 Å². The fourth-order valence-corrected chi connectivity index (χ4v) is 4.76. The predicted molar refractivity (Wildman–Crippen MR) is 126 cm³/mol. The maximum absolute atomic E-state index is 3.86. The van der Waals surface area contributed by atoms with Gasteiger partial charge in [-0.3, -0.25) is 0 Å². The van der Waals surface area contributed by atoms with Crippen LogP contribution in [0.1, 0.15) is 81.6 Å². The van der Waals surface area contributed by atoms with E-state index >= 15 is 0 Å². The first-order valence-corrected chi connectivity index (χ1v) is 10.6. The summed E-state index contributed by atoms with van der Waals surface area (Å²) in [6.07, 6.45) is 21.3. The minimum absolute atomic E-state index is 0.0795. The van der Waals surface area contributed by atoms with Gasteiger partial charge < -0.3 is 0 Å². The molecule has 1 rings (SSSR count). The molecule has 0 heteroatoms. The highest BCUT2D eigenvalue weighted by molar-refractivity contribution is 5.44. The summed E-state index contributed by atoms with van der Waals surface area (Å²) in [5.74, 6) is 0.711. The summed E-state index contributed by atoms with van der Waals surface area (Å²) in [5, 5.41) is 0. The van der Waals surface area contributed by atoms with Crippen molar-refractivity contribution in [1.82, 2.24) is 0 Å². The third kappa shape index (κ3) is 7.53. The van der Waals surface area contributed by atoms with E-state index in [1.54, 1.807) is 0 Å². The van der Waals surface area contributed by atoms with E-state index in [0.29, 0.717) is 11.3 Å². The Morgan fingerprint density at radius 2 is 1.44 bits per heavy atom. The molecule has 0 aromatic carbocycles. The molecule has 152 valence electrons. The standard InChI is InChI=1S/C25H38.C2H6/c1-9-12-15-22(10-2)25(18-21(6)17-24(7,8)19-25)23(11-3)16-13-14-20(4)5;1-2/h9-16,21H,1,17-19H2,2-8H3;1-2H3/b15-12-,16-13-,22-10+,23-11+;. The van der Waals surface area contributed by atoms with E-state index < -0.39 is 0 Å². The third-order valence-corrected chi connectivity index (χ3v) is 5.22. The molecule has 0 saturated heterocycles. The van der Waals surface area contributed by atoms with Gasteiger partial charge in [0.25, 0.3) is 0 Å². The molecule has 2 atom stereocenters. The fourth-order valence-electron chi connectivity index (χ4n) is 4.76. The summed E-state index contributed by atoms with van der Waals surface area (Å²) >= 11 is 0. The molecule has 0 nitrogen and oxygen atoms in total. The Bertz CT molecular complexity index is 600. The molecule has 0 aliphatic heterocycles. The zero-order valence-electron chi connectivity index (χ0n) is 19.5. The Morgan fingerprint density at radius 1 is 0.926 bits per heavy atom. The highest BCUT2D eigenvalue weighted by Gasteiger charge is 2.45. The Hall–Kier alpha value is -1.56. The van der Waals surface area contributed by atoms with Gasteiger partial charge in [-0.05, 0) is 69.4 Å². The molecule has 0 aromatic rings. The number of allylic oxidation sites excluding steroid dienone is 11. The Morgan fingerprint density at radius 3 is 1.85 bits per heavy atom. The van der Waals surface area contributed by atoms with Crippen molar-refractivity contribution < 1.29 is 0 Å². The van der Waals surface area contributed by atoms with Gasteiger partial charge in [-0.2, -0.15) is 0 Å². The lowest BCUT2D eigenvalue weighted by atomic mass is 9.54. The van der Waals surface area contributed by atoms with Crippen molar-refractivity contribution in [3.05, 3.63) is 71.9 Å². The molecule has 27 heavy (non-hydrogen) atoms. The molecule has 0 aromatic heterocycles. The summed E-state index contributed by atoms with van der Waals surface area (Å²) in [6.45, 7) is 23.8. The predicted octanol–water partition coefficient (Wildman–Crippen LogP) is 9.00. The summed E-state index contributed by atoms with van der Waals surface area (Å²) in [4.78, 5) is 0. The summed E-state index contributed by atoms with van der Waals surface area (Å²) in [6, 6.07) is 0. The van der Waals surface area contributed by atoms with Crippen molar-refractivity contribution in [1.29, 1.82) is 0 Å². The highest BCUT2D eigenvalue weighted by Crippen LogP contribution is 2.56. The topological polar surface area (TPSA) is 0 Å². The van der Waals surface area contributed by atoms with E-state index in [0.717, 1.165) is 0 Å². The van der Waals surface area contributed by atoms with E-state index in [4.69, 9.17) is 0 Å². The highest BCUT2D eigenvalue weighted by atomic mass is 14.5. The van der Waals surface area contributed by atoms with Crippen molar-refractivity contribution in [2.45, 2.75) is 81.6 Å². The fraction of sp³-hybridized carbons (Fsp3) is 0.556. The molecule has 0 spiro atoms. The maximum Gasteiger partial charge on any atom is 0.0204 e. The molecular weight excluding hydrogens is 324 g/mol. The smallest absolute Gasteiger partial charge is 0.0204 e. The summed E-state index contributed by atoms with van der Waals surface area (Å²) in [5.41, 5.74) is 4.60. The number of rotatable bonds is 6. The van der Waals surface area contributed by atoms with Crippen LogP contribution in [0.3, 0.4) is 0 Å². The first kappa shape index (κ1) is 25.4. The second-order valence-corrected chi connectivity index (χ2v) is 8.62. The van der Waals surface area contributed by atoms with Crippen LogP contribution in [-0.2, 0) is 0 Å². The number of hydrogen-bond donors (Lipinski definition) is 0. The zero-order valence-corrected chi connectivity index (χ0v) is 19.5. The minimum atomic E-state index is 0.0795. The lowest BCUT2D eigenvalue weighted by Gasteiger charge is -2.49. The van der Waals surface area contributed by atoms with E-state index in [1.807, 2.05) is 19.9 Å². The van der Waals surface area contributed by atoms with E-state index in [1.165, 1.54) is 36.0 Å². The first-order chi connectivity index (χ1) is 12.7. The van der Waals surface area contributed by atoms with Crippen LogP contribution in [-0.4, -0.2) is 0 Å². The zero-order chi connectivity index (χ0) is 21.1. The molecule has 1 aliphatic carbocycles. The SMILES string of the molecule is C=C/C=C\C(=C/C)C1(C(/C=C\C=C(C)C)=C/C)CC(C)CC(C)(C)C1.CC. The molecule has 0 radical (unpaired) electrons.